The van der Waals surface area contributed by atoms with E-state index in [0.717, 1.165) is 43.9 Å². The van der Waals surface area contributed by atoms with E-state index in [-0.39, 0.29) is 5.82 Å². The summed E-state index contributed by atoms with van der Waals surface area (Å²) in [6, 6.07) is 4.91. The number of aryl methyl sites for hydroxylation is 1. The van der Waals surface area contributed by atoms with Gasteiger partial charge in [0.1, 0.15) is 5.82 Å². The molecular weight excluding hydrogens is 215 g/mol. The lowest BCUT2D eigenvalue weighted by Crippen LogP contribution is -2.43. The van der Waals surface area contributed by atoms with Crippen molar-refractivity contribution in [3.8, 4) is 11.8 Å². The van der Waals surface area contributed by atoms with Crippen LogP contribution in [-0.2, 0) is 0 Å². The lowest BCUT2D eigenvalue weighted by molar-refractivity contribution is 0.268. The molecule has 0 aromatic heterocycles. The lowest BCUT2D eigenvalue weighted by atomic mass is 10.1. The van der Waals surface area contributed by atoms with E-state index in [1.807, 2.05) is 13.0 Å². The topological polar surface area (TPSA) is 15.3 Å². The minimum Gasteiger partial charge on any atom is -0.314 e. The van der Waals surface area contributed by atoms with Gasteiger partial charge in [-0.05, 0) is 30.7 Å². The van der Waals surface area contributed by atoms with Crippen LogP contribution in [0.3, 0.4) is 0 Å². The van der Waals surface area contributed by atoms with Crippen molar-refractivity contribution < 1.29 is 4.39 Å². The Labute approximate surface area is 102 Å². The molecule has 1 fully saturated rings. The average molecular weight is 232 g/mol. The van der Waals surface area contributed by atoms with Crippen LogP contribution in [0.25, 0.3) is 0 Å². The van der Waals surface area contributed by atoms with E-state index >= 15 is 0 Å². The van der Waals surface area contributed by atoms with Crippen molar-refractivity contribution in [3.63, 3.8) is 0 Å². The number of nitrogens with zero attached hydrogens (tertiary/aromatic N) is 1. The molecule has 3 heteroatoms. The molecule has 0 atom stereocenters. The highest BCUT2D eigenvalue weighted by Crippen LogP contribution is 2.06. The van der Waals surface area contributed by atoms with Gasteiger partial charge in [-0.1, -0.05) is 11.8 Å². The summed E-state index contributed by atoms with van der Waals surface area (Å²) < 4.78 is 13.1. The second-order valence-electron chi connectivity index (χ2n) is 4.35. The Balaban J connectivity index is 1.95. The third-order valence-electron chi connectivity index (χ3n) is 2.79. The molecule has 2 rings (SSSR count). The summed E-state index contributed by atoms with van der Waals surface area (Å²) in [4.78, 5) is 2.30. The van der Waals surface area contributed by atoms with Gasteiger partial charge in [-0.3, -0.25) is 4.90 Å². The molecule has 1 aromatic rings. The fourth-order valence-electron chi connectivity index (χ4n) is 1.93. The highest BCUT2D eigenvalue weighted by atomic mass is 19.1. The summed E-state index contributed by atoms with van der Waals surface area (Å²) >= 11 is 0. The molecule has 0 radical (unpaired) electrons. The normalized spacial score (nSPS) is 16.4. The Morgan fingerprint density at radius 3 is 2.76 bits per heavy atom. The fraction of sp³-hybridized carbons (Fsp3) is 0.429. The first kappa shape index (κ1) is 12.1. The Bertz CT molecular complexity index is 419. The molecule has 1 N–H and O–H groups in total. The van der Waals surface area contributed by atoms with Crippen LogP contribution in [0.4, 0.5) is 4.39 Å². The van der Waals surface area contributed by atoms with E-state index in [9.17, 15) is 4.39 Å². The number of hydrogen-bond donors (Lipinski definition) is 1. The maximum Gasteiger partial charge on any atom is 0.124 e. The molecule has 0 saturated carbocycles. The average Bonchev–Trinajstić information content (AvgIpc) is 2.29. The molecule has 0 unspecified atom stereocenters. The zero-order valence-corrected chi connectivity index (χ0v) is 10.1. The monoisotopic (exact) mass is 232 g/mol. The Kier molecular flexibility index (Phi) is 4.13. The SMILES string of the molecule is Cc1cc(F)cc(C#CCN2CCNCC2)c1. The summed E-state index contributed by atoms with van der Waals surface area (Å²) in [6.07, 6.45) is 0. The predicted molar refractivity (Wildman–Crippen MR) is 67.3 cm³/mol. The maximum atomic E-state index is 13.1. The van der Waals surface area contributed by atoms with Crippen molar-refractivity contribution in [2.45, 2.75) is 6.92 Å². The van der Waals surface area contributed by atoms with E-state index < -0.39 is 0 Å². The second-order valence-corrected chi connectivity index (χ2v) is 4.35. The van der Waals surface area contributed by atoms with Crippen LogP contribution in [-0.4, -0.2) is 37.6 Å². The molecule has 90 valence electrons. The molecular formula is C14H17FN2. The number of benzene rings is 1. The zero-order valence-electron chi connectivity index (χ0n) is 10.1. The molecule has 2 nitrogen and oxygen atoms in total. The first-order valence-electron chi connectivity index (χ1n) is 5.93. The van der Waals surface area contributed by atoms with Crippen LogP contribution in [0.1, 0.15) is 11.1 Å². The van der Waals surface area contributed by atoms with E-state index in [1.165, 1.54) is 12.1 Å². The quantitative estimate of drug-likeness (QED) is 0.736. The number of nitrogens with one attached hydrogen (secondary N) is 1. The van der Waals surface area contributed by atoms with Crippen molar-refractivity contribution in [2.24, 2.45) is 0 Å². The molecule has 1 aliphatic rings. The first-order chi connectivity index (χ1) is 8.24. The van der Waals surface area contributed by atoms with Crippen LogP contribution in [0.15, 0.2) is 18.2 Å². The van der Waals surface area contributed by atoms with Gasteiger partial charge in [0.05, 0.1) is 6.54 Å². The van der Waals surface area contributed by atoms with E-state index in [1.54, 1.807) is 0 Å². The van der Waals surface area contributed by atoms with Gasteiger partial charge in [0, 0.05) is 31.7 Å². The largest absolute Gasteiger partial charge is 0.314 e. The first-order valence-corrected chi connectivity index (χ1v) is 5.93. The van der Waals surface area contributed by atoms with Crippen LogP contribution in [0.5, 0.6) is 0 Å². The molecule has 17 heavy (non-hydrogen) atoms. The minimum absolute atomic E-state index is 0.212. The van der Waals surface area contributed by atoms with Gasteiger partial charge in [0.25, 0.3) is 0 Å². The van der Waals surface area contributed by atoms with Gasteiger partial charge in [-0.15, -0.1) is 0 Å². The van der Waals surface area contributed by atoms with Crippen molar-refractivity contribution in [1.29, 1.82) is 0 Å². The van der Waals surface area contributed by atoms with Gasteiger partial charge in [-0.25, -0.2) is 4.39 Å². The smallest absolute Gasteiger partial charge is 0.124 e. The fourth-order valence-corrected chi connectivity index (χ4v) is 1.93. The highest BCUT2D eigenvalue weighted by molar-refractivity contribution is 5.37. The van der Waals surface area contributed by atoms with Crippen molar-refractivity contribution in [2.75, 3.05) is 32.7 Å². The summed E-state index contributed by atoms with van der Waals surface area (Å²) in [6.45, 7) is 6.77. The molecule has 1 saturated heterocycles. The molecule has 0 amide bonds. The summed E-state index contributed by atoms with van der Waals surface area (Å²) in [7, 11) is 0. The lowest BCUT2D eigenvalue weighted by Gasteiger charge is -2.24. The standard InChI is InChI=1S/C14H17FN2/c1-12-9-13(11-14(15)10-12)3-2-6-17-7-4-16-5-8-17/h9-11,16H,4-8H2,1H3. The van der Waals surface area contributed by atoms with Crippen LogP contribution >= 0.6 is 0 Å². The third-order valence-corrected chi connectivity index (χ3v) is 2.79. The number of halogens is 1. The predicted octanol–water partition coefficient (Wildman–Crippen LogP) is 1.39. The number of piperazine rings is 1. The Morgan fingerprint density at radius 1 is 1.29 bits per heavy atom. The van der Waals surface area contributed by atoms with E-state index in [0.29, 0.717) is 0 Å². The Hall–Kier alpha value is -1.37. The van der Waals surface area contributed by atoms with Gasteiger partial charge in [0.2, 0.25) is 0 Å². The molecule has 1 heterocycles. The maximum absolute atomic E-state index is 13.1. The van der Waals surface area contributed by atoms with Crippen molar-refractivity contribution in [1.82, 2.24) is 10.2 Å². The van der Waals surface area contributed by atoms with E-state index in [4.69, 9.17) is 0 Å². The van der Waals surface area contributed by atoms with Gasteiger partial charge >= 0.3 is 0 Å². The molecule has 1 aromatic carbocycles. The van der Waals surface area contributed by atoms with Crippen LogP contribution in [0.2, 0.25) is 0 Å². The zero-order chi connectivity index (χ0) is 12.1. The van der Waals surface area contributed by atoms with Crippen LogP contribution in [0, 0.1) is 24.6 Å². The molecule has 1 aliphatic heterocycles. The minimum atomic E-state index is -0.212. The summed E-state index contributed by atoms with van der Waals surface area (Å²) in [5.74, 6) is 5.92. The van der Waals surface area contributed by atoms with Crippen LogP contribution < -0.4 is 5.32 Å². The van der Waals surface area contributed by atoms with Crippen molar-refractivity contribution in [3.05, 3.63) is 35.1 Å². The second kappa shape index (κ2) is 5.81. The van der Waals surface area contributed by atoms with Gasteiger partial charge < -0.3 is 5.32 Å². The number of hydrogen-bond acceptors (Lipinski definition) is 2. The highest BCUT2D eigenvalue weighted by Gasteiger charge is 2.06. The summed E-state index contributed by atoms with van der Waals surface area (Å²) in [5, 5.41) is 3.30. The molecule has 0 aliphatic carbocycles. The molecule has 0 bridgehead atoms. The summed E-state index contributed by atoms with van der Waals surface area (Å²) in [5.41, 5.74) is 1.68. The Morgan fingerprint density at radius 2 is 2.06 bits per heavy atom. The molecule has 0 spiro atoms. The third kappa shape index (κ3) is 3.85. The number of rotatable bonds is 1. The van der Waals surface area contributed by atoms with E-state index in [2.05, 4.69) is 22.1 Å². The van der Waals surface area contributed by atoms with Gasteiger partial charge in [0.15, 0.2) is 0 Å². The van der Waals surface area contributed by atoms with Crippen molar-refractivity contribution >= 4 is 0 Å². The van der Waals surface area contributed by atoms with Gasteiger partial charge in [-0.2, -0.15) is 0 Å².